The van der Waals surface area contributed by atoms with E-state index in [1.165, 1.54) is 76.3 Å². The van der Waals surface area contributed by atoms with Crippen molar-refractivity contribution >= 4 is 53.9 Å². The highest BCUT2D eigenvalue weighted by atomic mass is 14.7. The minimum absolute atomic E-state index is 0.960. The van der Waals surface area contributed by atoms with Gasteiger partial charge in [0.15, 0.2) is 0 Å². The van der Waals surface area contributed by atoms with E-state index in [1.807, 2.05) is 0 Å². The lowest BCUT2D eigenvalue weighted by atomic mass is 9.91. The molecule has 0 saturated heterocycles. The fourth-order valence-electron chi connectivity index (χ4n) is 8.75. The number of fused-ring (bicyclic) bond motifs is 8. The lowest BCUT2D eigenvalue weighted by Gasteiger charge is -2.15. The van der Waals surface area contributed by atoms with Gasteiger partial charge in [-0.25, -0.2) is 4.98 Å². The van der Waals surface area contributed by atoms with E-state index in [0.29, 0.717) is 0 Å². The lowest BCUT2D eigenvalue weighted by molar-refractivity contribution is 1.36. The first kappa shape index (κ1) is 32.1. The lowest BCUT2D eigenvalue weighted by Crippen LogP contribution is -1.93. The molecule has 260 valence electrons. The molecule has 56 heavy (non-hydrogen) atoms. The fourth-order valence-corrected chi connectivity index (χ4v) is 8.75. The summed E-state index contributed by atoms with van der Waals surface area (Å²) in [7, 11) is 0. The van der Waals surface area contributed by atoms with E-state index in [1.54, 1.807) is 0 Å². The van der Waals surface area contributed by atoms with Gasteiger partial charge in [-0.15, -0.1) is 0 Å². The maximum atomic E-state index is 5.47. The zero-order chi connectivity index (χ0) is 37.0. The van der Waals surface area contributed by atoms with Crippen molar-refractivity contribution in [2.75, 3.05) is 0 Å². The van der Waals surface area contributed by atoms with Gasteiger partial charge in [0.2, 0.25) is 0 Å². The van der Waals surface area contributed by atoms with Crippen LogP contribution in [-0.2, 0) is 0 Å². The summed E-state index contributed by atoms with van der Waals surface area (Å²) in [6.45, 7) is 0. The number of hydrogen-bond acceptors (Lipinski definition) is 1. The van der Waals surface area contributed by atoms with Crippen LogP contribution in [0.15, 0.2) is 212 Å². The van der Waals surface area contributed by atoms with Crippen LogP contribution < -0.4 is 0 Å². The molecule has 0 atom stereocenters. The average Bonchev–Trinajstić information content (AvgIpc) is 3.28. The molecule has 10 aromatic carbocycles. The molecule has 0 bridgehead atoms. The number of nitrogens with zero attached hydrogens (tertiary/aromatic N) is 1. The van der Waals surface area contributed by atoms with Crippen LogP contribution in [0.4, 0.5) is 0 Å². The number of pyridine rings is 1. The third-order valence-corrected chi connectivity index (χ3v) is 11.4. The SMILES string of the molecule is c1ccc(-c2ccc(-c3nc(-c4cccc(-c5cccc(-c6ccc7c8ccccc8c8ccccc8c7c6)c5)c4)cc4ccccc34)c3ccccc23)cc1. The zero-order valence-corrected chi connectivity index (χ0v) is 30.7. The van der Waals surface area contributed by atoms with Crippen molar-refractivity contribution in [3.8, 4) is 55.9 Å². The van der Waals surface area contributed by atoms with Gasteiger partial charge >= 0.3 is 0 Å². The molecule has 1 heteroatoms. The Morgan fingerprint density at radius 3 is 1.34 bits per heavy atom. The van der Waals surface area contributed by atoms with Gasteiger partial charge in [-0.3, -0.25) is 0 Å². The second-order valence-corrected chi connectivity index (χ2v) is 14.7. The van der Waals surface area contributed by atoms with Gasteiger partial charge in [-0.1, -0.05) is 188 Å². The van der Waals surface area contributed by atoms with E-state index >= 15 is 0 Å². The van der Waals surface area contributed by atoms with E-state index in [0.717, 1.165) is 33.5 Å². The second-order valence-electron chi connectivity index (χ2n) is 14.7. The van der Waals surface area contributed by atoms with Crippen molar-refractivity contribution in [2.24, 2.45) is 0 Å². The molecule has 0 unspecified atom stereocenters. The largest absolute Gasteiger partial charge is 0.247 e. The van der Waals surface area contributed by atoms with Crippen LogP contribution in [-0.4, -0.2) is 4.98 Å². The smallest absolute Gasteiger partial charge is 0.0794 e. The Hall–Kier alpha value is -7.35. The Labute approximate surface area is 325 Å². The van der Waals surface area contributed by atoms with Crippen molar-refractivity contribution in [3.63, 3.8) is 0 Å². The zero-order valence-electron chi connectivity index (χ0n) is 30.7. The van der Waals surface area contributed by atoms with Crippen molar-refractivity contribution in [3.05, 3.63) is 212 Å². The highest BCUT2D eigenvalue weighted by molar-refractivity contribution is 6.25. The Morgan fingerprint density at radius 2 is 0.679 bits per heavy atom. The summed E-state index contributed by atoms with van der Waals surface area (Å²) in [5.74, 6) is 0. The van der Waals surface area contributed by atoms with E-state index in [2.05, 4.69) is 212 Å². The van der Waals surface area contributed by atoms with E-state index in [4.69, 9.17) is 4.98 Å². The summed E-state index contributed by atoms with van der Waals surface area (Å²) in [5.41, 5.74) is 11.4. The molecule has 11 rings (SSSR count). The third kappa shape index (κ3) is 5.36. The molecule has 0 aliphatic carbocycles. The van der Waals surface area contributed by atoms with E-state index in [9.17, 15) is 0 Å². The van der Waals surface area contributed by atoms with Crippen LogP contribution in [0.5, 0.6) is 0 Å². The number of hydrogen-bond donors (Lipinski definition) is 0. The Kier molecular flexibility index (Phi) is 7.57. The van der Waals surface area contributed by atoms with Gasteiger partial charge in [-0.05, 0) is 106 Å². The molecular formula is C55H35N. The highest BCUT2D eigenvalue weighted by Gasteiger charge is 2.16. The number of rotatable bonds is 5. The van der Waals surface area contributed by atoms with Crippen LogP contribution in [0.25, 0.3) is 110 Å². The van der Waals surface area contributed by atoms with Crippen molar-refractivity contribution in [2.45, 2.75) is 0 Å². The Balaban J connectivity index is 1.02. The first-order valence-electron chi connectivity index (χ1n) is 19.3. The van der Waals surface area contributed by atoms with Gasteiger partial charge < -0.3 is 0 Å². The minimum Gasteiger partial charge on any atom is -0.247 e. The Morgan fingerprint density at radius 1 is 0.232 bits per heavy atom. The van der Waals surface area contributed by atoms with Gasteiger partial charge in [-0.2, -0.15) is 0 Å². The molecule has 0 aliphatic rings. The molecule has 0 N–H and O–H groups in total. The predicted octanol–water partition coefficient (Wildman–Crippen LogP) is 15.2. The van der Waals surface area contributed by atoms with Gasteiger partial charge in [0.1, 0.15) is 0 Å². The van der Waals surface area contributed by atoms with Crippen molar-refractivity contribution in [1.82, 2.24) is 4.98 Å². The molecule has 0 aliphatic heterocycles. The molecule has 0 amide bonds. The van der Waals surface area contributed by atoms with E-state index < -0.39 is 0 Å². The highest BCUT2D eigenvalue weighted by Crippen LogP contribution is 2.41. The summed E-state index contributed by atoms with van der Waals surface area (Å²) < 4.78 is 0. The Bertz CT molecular complexity index is 3270. The third-order valence-electron chi connectivity index (χ3n) is 11.4. The van der Waals surface area contributed by atoms with Crippen molar-refractivity contribution < 1.29 is 0 Å². The van der Waals surface area contributed by atoms with Crippen LogP contribution in [0.3, 0.4) is 0 Å². The fraction of sp³-hybridized carbons (Fsp3) is 0. The van der Waals surface area contributed by atoms with E-state index in [-0.39, 0.29) is 0 Å². The maximum Gasteiger partial charge on any atom is 0.0794 e. The van der Waals surface area contributed by atoms with Gasteiger partial charge in [0, 0.05) is 16.5 Å². The normalized spacial score (nSPS) is 11.6. The van der Waals surface area contributed by atoms with Crippen LogP contribution >= 0.6 is 0 Å². The van der Waals surface area contributed by atoms with Gasteiger partial charge in [0.25, 0.3) is 0 Å². The molecule has 1 nitrogen and oxygen atoms in total. The second kappa shape index (κ2) is 13.2. The summed E-state index contributed by atoms with van der Waals surface area (Å²) in [6, 6.07) is 77.0. The molecular weight excluding hydrogens is 675 g/mol. The standard InChI is InChI=1S/C55H35N/c1-2-14-36(15-3-1)43-30-31-52(49-26-10-6-22-45(43)49)55-44-21-5-4-16-41(44)35-54(56-55)42-20-13-19-39(33-42)37-17-12-18-38(32-37)40-28-29-51-48-25-8-7-23-46(48)47-24-9-11-27-50(47)53(51)34-40/h1-35H. The number of aromatic nitrogens is 1. The average molecular weight is 710 g/mol. The summed E-state index contributed by atoms with van der Waals surface area (Å²) in [4.78, 5) is 5.47. The quantitative estimate of drug-likeness (QED) is 0.162. The summed E-state index contributed by atoms with van der Waals surface area (Å²) in [5, 5.41) is 12.5. The van der Waals surface area contributed by atoms with Crippen LogP contribution in [0, 0.1) is 0 Å². The van der Waals surface area contributed by atoms with Crippen LogP contribution in [0.1, 0.15) is 0 Å². The molecule has 1 heterocycles. The van der Waals surface area contributed by atoms with Gasteiger partial charge in [0.05, 0.1) is 11.4 Å². The number of benzene rings is 10. The first-order valence-corrected chi connectivity index (χ1v) is 19.3. The molecule has 0 radical (unpaired) electrons. The molecule has 0 saturated carbocycles. The predicted molar refractivity (Wildman–Crippen MR) is 239 cm³/mol. The first-order chi connectivity index (χ1) is 27.8. The van der Waals surface area contributed by atoms with Crippen molar-refractivity contribution in [1.29, 1.82) is 0 Å². The summed E-state index contributed by atoms with van der Waals surface area (Å²) >= 11 is 0. The maximum absolute atomic E-state index is 5.47. The molecule has 0 fully saturated rings. The molecule has 0 spiro atoms. The topological polar surface area (TPSA) is 12.9 Å². The molecule has 1 aromatic heterocycles. The van der Waals surface area contributed by atoms with Crippen LogP contribution in [0.2, 0.25) is 0 Å². The minimum atomic E-state index is 0.960. The monoisotopic (exact) mass is 709 g/mol. The molecule has 11 aromatic rings. The summed E-state index contributed by atoms with van der Waals surface area (Å²) in [6.07, 6.45) is 0.